The topological polar surface area (TPSA) is 49.8 Å². The fourth-order valence-electron chi connectivity index (χ4n) is 2.65. The first kappa shape index (κ1) is 12.8. The number of rotatable bonds is 2. The predicted octanol–water partition coefficient (Wildman–Crippen LogP) is 1.17. The Morgan fingerprint density at radius 1 is 1.41 bits per heavy atom. The number of nitrogens with zero attached hydrogens (tertiary/aromatic N) is 1. The molecule has 0 aromatic heterocycles. The van der Waals surface area contributed by atoms with Crippen molar-refractivity contribution in [2.75, 3.05) is 19.7 Å². The molecule has 2 heterocycles. The SMILES string of the molecule is CC1CN(C(=O)CC2CCCCO2)CCC1O. The largest absolute Gasteiger partial charge is 0.393 e. The molecule has 1 N–H and O–H groups in total. The van der Waals surface area contributed by atoms with Gasteiger partial charge in [-0.2, -0.15) is 0 Å². The lowest BCUT2D eigenvalue weighted by atomic mass is 9.96. The molecule has 0 bridgehead atoms. The molecule has 2 aliphatic rings. The first-order valence-corrected chi connectivity index (χ1v) is 6.74. The second-order valence-electron chi connectivity index (χ2n) is 5.37. The molecule has 0 spiro atoms. The van der Waals surface area contributed by atoms with Crippen molar-refractivity contribution in [3.8, 4) is 0 Å². The van der Waals surface area contributed by atoms with Crippen molar-refractivity contribution < 1.29 is 14.6 Å². The first-order valence-electron chi connectivity index (χ1n) is 6.74. The molecular formula is C13H23NO3. The highest BCUT2D eigenvalue weighted by Gasteiger charge is 2.28. The van der Waals surface area contributed by atoms with Crippen molar-refractivity contribution in [3.05, 3.63) is 0 Å². The maximum atomic E-state index is 12.1. The van der Waals surface area contributed by atoms with E-state index in [-0.39, 0.29) is 24.0 Å². The van der Waals surface area contributed by atoms with Crippen LogP contribution in [-0.4, -0.2) is 47.8 Å². The van der Waals surface area contributed by atoms with Crippen LogP contribution in [0.4, 0.5) is 0 Å². The van der Waals surface area contributed by atoms with Crippen molar-refractivity contribution in [1.82, 2.24) is 4.90 Å². The van der Waals surface area contributed by atoms with Gasteiger partial charge in [-0.25, -0.2) is 0 Å². The molecule has 0 aromatic carbocycles. The van der Waals surface area contributed by atoms with E-state index < -0.39 is 0 Å². The van der Waals surface area contributed by atoms with Crippen LogP contribution in [0.15, 0.2) is 0 Å². The highest BCUT2D eigenvalue weighted by molar-refractivity contribution is 5.76. The highest BCUT2D eigenvalue weighted by Crippen LogP contribution is 2.20. The summed E-state index contributed by atoms with van der Waals surface area (Å²) in [5.74, 6) is 0.385. The summed E-state index contributed by atoms with van der Waals surface area (Å²) in [4.78, 5) is 14.0. The maximum Gasteiger partial charge on any atom is 0.225 e. The molecule has 0 aliphatic carbocycles. The summed E-state index contributed by atoms with van der Waals surface area (Å²) in [6.07, 6.45) is 4.41. The van der Waals surface area contributed by atoms with Crippen molar-refractivity contribution in [3.63, 3.8) is 0 Å². The number of carbonyl (C=O) groups is 1. The zero-order valence-electron chi connectivity index (χ0n) is 10.6. The van der Waals surface area contributed by atoms with Gasteiger partial charge in [0.05, 0.1) is 18.6 Å². The molecule has 4 heteroatoms. The zero-order chi connectivity index (χ0) is 12.3. The van der Waals surface area contributed by atoms with Crippen LogP contribution in [0, 0.1) is 5.92 Å². The molecule has 0 saturated carbocycles. The zero-order valence-corrected chi connectivity index (χ0v) is 10.6. The van der Waals surface area contributed by atoms with Gasteiger partial charge in [-0.05, 0) is 31.6 Å². The number of likely N-dealkylation sites (tertiary alicyclic amines) is 1. The third kappa shape index (κ3) is 3.42. The Morgan fingerprint density at radius 2 is 2.24 bits per heavy atom. The first-order chi connectivity index (χ1) is 8.16. The van der Waals surface area contributed by atoms with Crippen molar-refractivity contribution >= 4 is 5.91 Å². The Balaban J connectivity index is 1.79. The number of amides is 1. The van der Waals surface area contributed by atoms with E-state index in [0.29, 0.717) is 25.9 Å². The van der Waals surface area contributed by atoms with Crippen LogP contribution in [0.5, 0.6) is 0 Å². The summed E-state index contributed by atoms with van der Waals surface area (Å²) >= 11 is 0. The van der Waals surface area contributed by atoms with Crippen LogP contribution in [0.25, 0.3) is 0 Å². The molecule has 98 valence electrons. The number of piperidine rings is 1. The smallest absolute Gasteiger partial charge is 0.225 e. The number of aliphatic hydroxyl groups excluding tert-OH is 1. The van der Waals surface area contributed by atoms with Gasteiger partial charge in [0.2, 0.25) is 5.91 Å². The molecule has 1 amide bonds. The van der Waals surface area contributed by atoms with Crippen LogP contribution < -0.4 is 0 Å². The molecule has 0 radical (unpaired) electrons. The molecule has 3 atom stereocenters. The lowest BCUT2D eigenvalue weighted by Crippen LogP contribution is -2.46. The summed E-state index contributed by atoms with van der Waals surface area (Å²) in [7, 11) is 0. The lowest BCUT2D eigenvalue weighted by molar-refractivity contribution is -0.138. The van der Waals surface area contributed by atoms with Crippen LogP contribution in [0.1, 0.15) is 39.0 Å². The van der Waals surface area contributed by atoms with E-state index in [1.807, 2.05) is 11.8 Å². The van der Waals surface area contributed by atoms with Gasteiger partial charge in [-0.3, -0.25) is 4.79 Å². The second kappa shape index (κ2) is 5.83. The second-order valence-corrected chi connectivity index (χ2v) is 5.37. The fraction of sp³-hybridized carbons (Fsp3) is 0.923. The van der Waals surface area contributed by atoms with E-state index in [2.05, 4.69) is 0 Å². The van der Waals surface area contributed by atoms with Gasteiger partial charge in [0.25, 0.3) is 0 Å². The van der Waals surface area contributed by atoms with Gasteiger partial charge in [0.15, 0.2) is 0 Å². The average molecular weight is 241 g/mol. The molecule has 4 nitrogen and oxygen atoms in total. The normalized spacial score (nSPS) is 34.7. The van der Waals surface area contributed by atoms with Gasteiger partial charge < -0.3 is 14.7 Å². The summed E-state index contributed by atoms with van der Waals surface area (Å²) in [6, 6.07) is 0. The van der Waals surface area contributed by atoms with Crippen molar-refractivity contribution in [2.24, 2.45) is 5.92 Å². The van der Waals surface area contributed by atoms with Gasteiger partial charge in [0, 0.05) is 19.7 Å². The molecule has 2 saturated heterocycles. The van der Waals surface area contributed by atoms with E-state index in [1.165, 1.54) is 6.42 Å². The van der Waals surface area contributed by atoms with Crippen LogP contribution in [0.3, 0.4) is 0 Å². The maximum absolute atomic E-state index is 12.1. The predicted molar refractivity (Wildman–Crippen MR) is 64.6 cm³/mol. The monoisotopic (exact) mass is 241 g/mol. The minimum absolute atomic E-state index is 0.124. The van der Waals surface area contributed by atoms with Crippen molar-refractivity contribution in [1.29, 1.82) is 0 Å². The molecule has 17 heavy (non-hydrogen) atoms. The fourth-order valence-corrected chi connectivity index (χ4v) is 2.65. The third-order valence-electron chi connectivity index (χ3n) is 3.89. The van der Waals surface area contributed by atoms with E-state index in [1.54, 1.807) is 0 Å². The Labute approximate surface area is 103 Å². The molecule has 0 aromatic rings. The van der Waals surface area contributed by atoms with Crippen LogP contribution in [0.2, 0.25) is 0 Å². The van der Waals surface area contributed by atoms with E-state index >= 15 is 0 Å². The van der Waals surface area contributed by atoms with Crippen LogP contribution in [-0.2, 0) is 9.53 Å². The minimum atomic E-state index is -0.245. The Bertz CT molecular complexity index is 263. The van der Waals surface area contributed by atoms with Crippen LogP contribution >= 0.6 is 0 Å². The Morgan fingerprint density at radius 3 is 2.88 bits per heavy atom. The molecule has 2 aliphatic heterocycles. The number of aliphatic hydroxyl groups is 1. The number of carbonyl (C=O) groups excluding carboxylic acids is 1. The van der Waals surface area contributed by atoms with Crippen molar-refractivity contribution in [2.45, 2.75) is 51.2 Å². The molecule has 3 unspecified atom stereocenters. The van der Waals surface area contributed by atoms with Gasteiger partial charge in [-0.1, -0.05) is 6.92 Å². The number of hydrogen-bond acceptors (Lipinski definition) is 3. The van der Waals surface area contributed by atoms with Gasteiger partial charge >= 0.3 is 0 Å². The number of ether oxygens (including phenoxy) is 1. The molecule has 2 fully saturated rings. The van der Waals surface area contributed by atoms with E-state index in [0.717, 1.165) is 19.4 Å². The molecule has 2 rings (SSSR count). The molecular weight excluding hydrogens is 218 g/mol. The number of hydrogen-bond donors (Lipinski definition) is 1. The van der Waals surface area contributed by atoms with E-state index in [4.69, 9.17) is 4.74 Å². The summed E-state index contributed by atoms with van der Waals surface area (Å²) < 4.78 is 5.59. The average Bonchev–Trinajstić information content (AvgIpc) is 2.34. The highest BCUT2D eigenvalue weighted by atomic mass is 16.5. The summed E-state index contributed by atoms with van der Waals surface area (Å²) in [6.45, 7) is 4.18. The summed E-state index contributed by atoms with van der Waals surface area (Å²) in [5.41, 5.74) is 0. The van der Waals surface area contributed by atoms with Gasteiger partial charge in [0.1, 0.15) is 0 Å². The summed E-state index contributed by atoms with van der Waals surface area (Å²) in [5, 5.41) is 9.64. The minimum Gasteiger partial charge on any atom is -0.393 e. The Hall–Kier alpha value is -0.610. The van der Waals surface area contributed by atoms with Gasteiger partial charge in [-0.15, -0.1) is 0 Å². The quantitative estimate of drug-likeness (QED) is 0.789. The third-order valence-corrected chi connectivity index (χ3v) is 3.89. The lowest BCUT2D eigenvalue weighted by Gasteiger charge is -2.35. The standard InChI is InChI=1S/C13H23NO3/c1-10-9-14(6-5-12(10)15)13(16)8-11-4-2-3-7-17-11/h10-12,15H,2-9H2,1H3. The van der Waals surface area contributed by atoms with E-state index in [9.17, 15) is 9.90 Å². The Kier molecular flexibility index (Phi) is 4.40.